The zero-order valence-corrected chi connectivity index (χ0v) is 20.7. The third-order valence-electron chi connectivity index (χ3n) is 5.79. The van der Waals surface area contributed by atoms with E-state index in [-0.39, 0.29) is 29.3 Å². The molecule has 0 radical (unpaired) electrons. The van der Waals surface area contributed by atoms with Gasteiger partial charge < -0.3 is 20.7 Å². The summed E-state index contributed by atoms with van der Waals surface area (Å²) in [5, 5.41) is 3.30. The maximum Gasteiger partial charge on any atom is 0.252 e. The monoisotopic (exact) mass is 496 g/mol. The number of carbonyl (C=O) groups excluding carboxylic acids is 1. The molecule has 1 aliphatic rings. The van der Waals surface area contributed by atoms with Crippen molar-refractivity contribution < 1.29 is 17.9 Å². The Balaban J connectivity index is 1.48. The number of methoxy groups -OCH3 is 1. The van der Waals surface area contributed by atoms with Crippen LogP contribution in [0.4, 0.5) is 17.3 Å². The van der Waals surface area contributed by atoms with E-state index in [4.69, 9.17) is 10.5 Å². The maximum absolute atomic E-state index is 13.2. The number of nitrogens with two attached hydrogens (primary N) is 1. The van der Waals surface area contributed by atoms with Crippen molar-refractivity contribution in [2.45, 2.75) is 18.7 Å². The smallest absolute Gasteiger partial charge is 0.252 e. The van der Waals surface area contributed by atoms with E-state index >= 15 is 0 Å². The Hall–Kier alpha value is -3.70. The van der Waals surface area contributed by atoms with Crippen molar-refractivity contribution in [1.82, 2.24) is 14.3 Å². The van der Waals surface area contributed by atoms with Gasteiger partial charge in [0.1, 0.15) is 23.2 Å². The fourth-order valence-electron chi connectivity index (χ4n) is 3.91. The van der Waals surface area contributed by atoms with Crippen molar-refractivity contribution in [3.63, 3.8) is 0 Å². The molecule has 0 bridgehead atoms. The first-order valence-corrected chi connectivity index (χ1v) is 12.5. The minimum atomic E-state index is -3.81. The van der Waals surface area contributed by atoms with Crippen LogP contribution in [0, 0.1) is 13.8 Å². The molecular formula is C24H28N6O4S. The molecule has 2 aromatic carbocycles. The summed E-state index contributed by atoms with van der Waals surface area (Å²) >= 11 is 0. The van der Waals surface area contributed by atoms with Crippen LogP contribution in [0.5, 0.6) is 5.75 Å². The Morgan fingerprint density at radius 1 is 1.00 bits per heavy atom. The van der Waals surface area contributed by atoms with Gasteiger partial charge in [0.2, 0.25) is 10.0 Å². The molecule has 0 unspecified atom stereocenters. The summed E-state index contributed by atoms with van der Waals surface area (Å²) in [7, 11) is -2.42. The molecule has 35 heavy (non-hydrogen) atoms. The summed E-state index contributed by atoms with van der Waals surface area (Å²) < 4.78 is 32.9. The maximum atomic E-state index is 13.2. The predicted octanol–water partition coefficient (Wildman–Crippen LogP) is 2.46. The van der Waals surface area contributed by atoms with E-state index in [1.54, 1.807) is 0 Å². The van der Waals surface area contributed by atoms with Crippen molar-refractivity contribution >= 4 is 33.3 Å². The molecule has 1 aliphatic heterocycles. The number of nitrogens with zero attached hydrogens (tertiary/aromatic N) is 4. The lowest BCUT2D eigenvalue weighted by molar-refractivity contribution is 0.0997. The number of aryl methyl sites for hydroxylation is 2. The normalized spacial score (nSPS) is 14.5. The molecule has 4 rings (SSSR count). The fraction of sp³-hybridized carbons (Fsp3) is 0.292. The Kier molecular flexibility index (Phi) is 6.90. The van der Waals surface area contributed by atoms with E-state index in [1.165, 1.54) is 35.2 Å². The molecule has 0 saturated carbocycles. The molecule has 1 aromatic heterocycles. The van der Waals surface area contributed by atoms with Crippen molar-refractivity contribution in [1.29, 1.82) is 0 Å². The van der Waals surface area contributed by atoms with Gasteiger partial charge in [-0.1, -0.05) is 17.7 Å². The first kappa shape index (κ1) is 24.4. The number of aromatic nitrogens is 2. The Morgan fingerprint density at radius 3 is 2.31 bits per heavy atom. The number of hydrogen-bond acceptors (Lipinski definition) is 8. The molecule has 0 atom stereocenters. The lowest BCUT2D eigenvalue weighted by atomic mass is 10.2. The number of sulfonamides is 1. The summed E-state index contributed by atoms with van der Waals surface area (Å²) in [5.74, 6) is 1.49. The van der Waals surface area contributed by atoms with Gasteiger partial charge in [0.15, 0.2) is 0 Å². The Morgan fingerprint density at radius 2 is 1.69 bits per heavy atom. The number of rotatable bonds is 7. The van der Waals surface area contributed by atoms with Gasteiger partial charge in [-0.05, 0) is 44.2 Å². The van der Waals surface area contributed by atoms with Gasteiger partial charge in [0.25, 0.3) is 5.91 Å². The molecule has 0 aliphatic carbocycles. The zero-order chi connectivity index (χ0) is 25.2. The average Bonchev–Trinajstić information content (AvgIpc) is 2.84. The highest BCUT2D eigenvalue weighted by molar-refractivity contribution is 7.89. The standard InChI is InChI=1S/C24H28N6O4S/c1-16-4-6-18(7-5-16)28-22-15-23(27-17(2)26-22)29-10-12-30(13-11-29)35(32,33)19-8-9-21(34-3)20(14-19)24(25)31/h4-9,14-15H,10-13H2,1-3H3,(H2,25,31)(H,26,27,28). The fourth-order valence-corrected chi connectivity index (χ4v) is 5.36. The van der Waals surface area contributed by atoms with Crippen LogP contribution in [0.2, 0.25) is 0 Å². The number of primary amides is 1. The van der Waals surface area contributed by atoms with Crippen LogP contribution in [0.3, 0.4) is 0 Å². The molecular weight excluding hydrogens is 468 g/mol. The van der Waals surface area contributed by atoms with Crippen LogP contribution in [0.25, 0.3) is 0 Å². The van der Waals surface area contributed by atoms with Gasteiger partial charge in [-0.3, -0.25) is 4.79 Å². The highest BCUT2D eigenvalue weighted by Gasteiger charge is 2.30. The molecule has 1 amide bonds. The number of amides is 1. The highest BCUT2D eigenvalue weighted by Crippen LogP contribution is 2.26. The van der Waals surface area contributed by atoms with E-state index in [2.05, 4.69) is 15.3 Å². The minimum absolute atomic E-state index is 0.00279. The van der Waals surface area contributed by atoms with E-state index in [0.29, 0.717) is 24.7 Å². The lowest BCUT2D eigenvalue weighted by Gasteiger charge is -2.35. The number of hydrogen-bond donors (Lipinski definition) is 2. The van der Waals surface area contributed by atoms with Crippen LogP contribution in [-0.4, -0.2) is 61.9 Å². The number of nitrogens with one attached hydrogen (secondary N) is 1. The quantitative estimate of drug-likeness (QED) is 0.510. The topological polar surface area (TPSA) is 131 Å². The molecule has 11 heteroatoms. The Labute approximate surface area is 204 Å². The number of anilines is 3. The summed E-state index contributed by atoms with van der Waals surface area (Å²) in [4.78, 5) is 22.8. The molecule has 2 heterocycles. The SMILES string of the molecule is COc1ccc(S(=O)(=O)N2CCN(c3cc(Nc4ccc(C)cc4)nc(C)n3)CC2)cc1C(N)=O. The van der Waals surface area contributed by atoms with E-state index in [9.17, 15) is 13.2 Å². The number of piperazine rings is 1. The van der Waals surface area contributed by atoms with Gasteiger partial charge in [-0.25, -0.2) is 18.4 Å². The van der Waals surface area contributed by atoms with Gasteiger partial charge in [0, 0.05) is 37.9 Å². The van der Waals surface area contributed by atoms with Crippen molar-refractivity contribution in [2.24, 2.45) is 5.73 Å². The summed E-state index contributed by atoms with van der Waals surface area (Å²) in [6, 6.07) is 14.0. The number of benzene rings is 2. The first-order valence-electron chi connectivity index (χ1n) is 11.1. The summed E-state index contributed by atoms with van der Waals surface area (Å²) in [5.41, 5.74) is 7.51. The van der Waals surface area contributed by atoms with Crippen LogP contribution in [-0.2, 0) is 10.0 Å². The summed E-state index contributed by atoms with van der Waals surface area (Å²) in [6.45, 7) is 5.30. The van der Waals surface area contributed by atoms with Crippen LogP contribution < -0.4 is 20.7 Å². The van der Waals surface area contributed by atoms with Gasteiger partial charge in [-0.2, -0.15) is 4.31 Å². The largest absolute Gasteiger partial charge is 0.496 e. The molecule has 3 aromatic rings. The van der Waals surface area contributed by atoms with Crippen LogP contribution in [0.15, 0.2) is 53.4 Å². The van der Waals surface area contributed by atoms with Crippen LogP contribution >= 0.6 is 0 Å². The second kappa shape index (κ2) is 9.88. The third-order valence-corrected chi connectivity index (χ3v) is 7.68. The van der Waals surface area contributed by atoms with Crippen molar-refractivity contribution in [2.75, 3.05) is 43.5 Å². The zero-order valence-electron chi connectivity index (χ0n) is 19.9. The van der Waals surface area contributed by atoms with Gasteiger partial charge >= 0.3 is 0 Å². The van der Waals surface area contributed by atoms with E-state index < -0.39 is 15.9 Å². The second-order valence-electron chi connectivity index (χ2n) is 8.27. The first-order chi connectivity index (χ1) is 16.7. The lowest BCUT2D eigenvalue weighted by Crippen LogP contribution is -2.49. The molecule has 0 spiro atoms. The average molecular weight is 497 g/mol. The van der Waals surface area contributed by atoms with Crippen molar-refractivity contribution in [3.05, 3.63) is 65.5 Å². The molecule has 1 saturated heterocycles. The number of carbonyl (C=O) groups is 1. The van der Waals surface area contributed by atoms with Crippen molar-refractivity contribution in [3.8, 4) is 5.75 Å². The summed E-state index contributed by atoms with van der Waals surface area (Å²) in [6.07, 6.45) is 0. The molecule has 3 N–H and O–H groups in total. The molecule has 10 nitrogen and oxygen atoms in total. The van der Waals surface area contributed by atoms with E-state index in [0.717, 1.165) is 11.5 Å². The number of ether oxygens (including phenoxy) is 1. The molecule has 1 fully saturated rings. The van der Waals surface area contributed by atoms with Gasteiger partial charge in [0.05, 0.1) is 17.6 Å². The Bertz CT molecular complexity index is 1340. The third kappa shape index (κ3) is 5.36. The predicted molar refractivity (Wildman–Crippen MR) is 134 cm³/mol. The second-order valence-corrected chi connectivity index (χ2v) is 10.2. The highest BCUT2D eigenvalue weighted by atomic mass is 32.2. The van der Waals surface area contributed by atoms with Crippen LogP contribution in [0.1, 0.15) is 21.7 Å². The molecule has 184 valence electrons. The van der Waals surface area contributed by atoms with Gasteiger partial charge in [-0.15, -0.1) is 0 Å². The minimum Gasteiger partial charge on any atom is -0.496 e. The van der Waals surface area contributed by atoms with E-state index in [1.807, 2.05) is 49.1 Å².